The minimum atomic E-state index is -1.32. The first-order valence-corrected chi connectivity index (χ1v) is 6.02. The molecule has 0 saturated heterocycles. The molecule has 0 aromatic heterocycles. The summed E-state index contributed by atoms with van der Waals surface area (Å²) in [5, 5.41) is 25.3. The lowest BCUT2D eigenvalue weighted by molar-refractivity contribution is -0.679. The number of hydrogen-bond donors (Lipinski definition) is 2. The number of nitrogens with one attached hydrogen (secondary N) is 1. The van der Waals surface area contributed by atoms with Crippen molar-refractivity contribution < 1.29 is 24.9 Å². The predicted octanol–water partition coefficient (Wildman–Crippen LogP) is -1.37. The zero-order valence-electron chi connectivity index (χ0n) is 10.9. The number of aliphatic carboxylic acids is 1. The summed E-state index contributed by atoms with van der Waals surface area (Å²) in [6, 6.07) is 4.45. The Bertz CT molecular complexity index is 518. The molecule has 0 bridgehead atoms. The van der Waals surface area contributed by atoms with E-state index in [1.807, 2.05) is 0 Å². The normalized spacial score (nSPS) is 11.7. The highest BCUT2D eigenvalue weighted by Gasteiger charge is 2.17. The van der Waals surface area contributed by atoms with Crippen LogP contribution >= 0.6 is 0 Å². The minimum absolute atomic E-state index is 0.153. The zero-order valence-corrected chi connectivity index (χ0v) is 10.9. The van der Waals surface area contributed by atoms with E-state index >= 15 is 0 Å². The number of benzene rings is 1. The largest absolute Gasteiger partial charge is 0.544 e. The lowest BCUT2D eigenvalue weighted by Gasteiger charge is -2.15. The van der Waals surface area contributed by atoms with E-state index in [1.54, 1.807) is 6.92 Å². The van der Waals surface area contributed by atoms with E-state index in [0.29, 0.717) is 6.54 Å². The van der Waals surface area contributed by atoms with Crippen molar-refractivity contribution in [3.05, 3.63) is 34.4 Å². The molecule has 0 radical (unpaired) electrons. The number of amides is 1. The smallest absolute Gasteiger partial charge is 0.271 e. The summed E-state index contributed by atoms with van der Waals surface area (Å²) in [5.74, 6) is -1.86. The van der Waals surface area contributed by atoms with E-state index in [4.69, 9.17) is 0 Å². The quantitative estimate of drug-likeness (QED) is 0.470. The maximum absolute atomic E-state index is 11.7. The van der Waals surface area contributed by atoms with Crippen LogP contribution in [0.25, 0.3) is 0 Å². The van der Waals surface area contributed by atoms with Gasteiger partial charge in [-0.2, -0.15) is 0 Å². The number of carboxylic acids is 1. The van der Waals surface area contributed by atoms with Gasteiger partial charge in [-0.25, -0.2) is 0 Å². The lowest BCUT2D eigenvalue weighted by Crippen LogP contribution is -2.93. The molecule has 20 heavy (non-hydrogen) atoms. The summed E-state index contributed by atoms with van der Waals surface area (Å²) < 4.78 is 0. The summed E-state index contributed by atoms with van der Waals surface area (Å²) >= 11 is 0. The van der Waals surface area contributed by atoms with E-state index in [1.165, 1.54) is 29.6 Å². The second-order valence-corrected chi connectivity index (χ2v) is 4.13. The van der Waals surface area contributed by atoms with Gasteiger partial charge in [0.25, 0.3) is 5.69 Å². The number of nitrogens with two attached hydrogens (primary N) is 1. The molecular formula is C12H15N3O5. The second kappa shape index (κ2) is 7.19. The standard InChI is InChI=1S/C12H15N3O5/c1-2-13-10(12(17)18)7-11(16)14-8-4-3-5-9(6-8)15(19)20/h3-6,10,13H,2,7H2,1H3,(H,14,16)(H,17,18)/t10-/m0/s1. The number of rotatable bonds is 7. The van der Waals surface area contributed by atoms with Crippen LogP contribution in [0.3, 0.4) is 0 Å². The SMILES string of the molecule is CC[NH2+][C@@H](CC(=O)Nc1cccc([N+](=O)[O-])c1)C(=O)[O-]. The molecule has 0 saturated carbocycles. The van der Waals surface area contributed by atoms with Crippen molar-refractivity contribution >= 4 is 23.3 Å². The van der Waals surface area contributed by atoms with Crippen LogP contribution in [0.5, 0.6) is 0 Å². The summed E-state index contributed by atoms with van der Waals surface area (Å²) in [7, 11) is 0. The summed E-state index contributed by atoms with van der Waals surface area (Å²) in [5.41, 5.74) is 0.0946. The number of carboxylic acid groups (broad SMARTS) is 1. The Kier molecular flexibility index (Phi) is 5.60. The molecular weight excluding hydrogens is 266 g/mol. The molecule has 0 heterocycles. The van der Waals surface area contributed by atoms with Gasteiger partial charge in [0.05, 0.1) is 23.9 Å². The van der Waals surface area contributed by atoms with Gasteiger partial charge in [0, 0.05) is 17.8 Å². The van der Waals surface area contributed by atoms with Crippen LogP contribution in [-0.4, -0.2) is 29.4 Å². The van der Waals surface area contributed by atoms with E-state index in [9.17, 15) is 24.8 Å². The van der Waals surface area contributed by atoms with Gasteiger partial charge in [-0.1, -0.05) is 6.07 Å². The molecule has 1 aromatic carbocycles. The Morgan fingerprint density at radius 2 is 2.15 bits per heavy atom. The molecule has 0 aliphatic carbocycles. The fourth-order valence-electron chi connectivity index (χ4n) is 1.66. The third-order valence-electron chi connectivity index (χ3n) is 2.57. The highest BCUT2D eigenvalue weighted by atomic mass is 16.6. The number of nitro benzene ring substituents is 1. The van der Waals surface area contributed by atoms with Crippen molar-refractivity contribution in [3.63, 3.8) is 0 Å². The summed E-state index contributed by atoms with van der Waals surface area (Å²) in [4.78, 5) is 32.5. The third-order valence-corrected chi connectivity index (χ3v) is 2.57. The number of anilines is 1. The third kappa shape index (κ3) is 4.65. The van der Waals surface area contributed by atoms with Crippen LogP contribution in [0.1, 0.15) is 13.3 Å². The average Bonchev–Trinajstić information content (AvgIpc) is 2.38. The number of carbonyl (C=O) groups is 2. The number of quaternary nitrogens is 1. The van der Waals surface area contributed by atoms with Crippen molar-refractivity contribution in [2.45, 2.75) is 19.4 Å². The highest BCUT2D eigenvalue weighted by Crippen LogP contribution is 2.17. The molecule has 1 atom stereocenters. The number of nitro groups is 1. The van der Waals surface area contributed by atoms with E-state index in [0.717, 1.165) is 0 Å². The maximum Gasteiger partial charge on any atom is 0.271 e. The number of carbonyl (C=O) groups excluding carboxylic acids is 2. The van der Waals surface area contributed by atoms with Crippen molar-refractivity contribution in [2.75, 3.05) is 11.9 Å². The van der Waals surface area contributed by atoms with Crippen LogP contribution in [0.2, 0.25) is 0 Å². The van der Waals surface area contributed by atoms with E-state index in [2.05, 4.69) is 5.32 Å². The summed E-state index contributed by atoms with van der Waals surface area (Å²) in [6.07, 6.45) is -0.265. The molecule has 8 heteroatoms. The van der Waals surface area contributed by atoms with Crippen LogP contribution < -0.4 is 15.7 Å². The molecule has 108 valence electrons. The number of likely N-dealkylation sites (N-methyl/N-ethyl adjacent to an activating group) is 1. The van der Waals surface area contributed by atoms with E-state index in [-0.39, 0.29) is 17.8 Å². The van der Waals surface area contributed by atoms with Gasteiger partial charge in [-0.3, -0.25) is 14.9 Å². The van der Waals surface area contributed by atoms with Gasteiger partial charge in [0.1, 0.15) is 6.04 Å². The first-order valence-electron chi connectivity index (χ1n) is 6.02. The first-order chi connectivity index (χ1) is 9.43. The first kappa shape index (κ1) is 15.6. The van der Waals surface area contributed by atoms with Gasteiger partial charge in [-0.05, 0) is 13.0 Å². The molecule has 0 spiro atoms. The Labute approximate surface area is 114 Å². The molecule has 3 N–H and O–H groups in total. The van der Waals surface area contributed by atoms with Crippen molar-refractivity contribution in [1.82, 2.24) is 0 Å². The number of non-ortho nitro benzene ring substituents is 1. The van der Waals surface area contributed by atoms with Gasteiger partial charge in [-0.15, -0.1) is 0 Å². The molecule has 0 aliphatic heterocycles. The molecule has 0 fully saturated rings. The summed E-state index contributed by atoms with van der Waals surface area (Å²) in [6.45, 7) is 2.26. The van der Waals surface area contributed by atoms with Gasteiger partial charge in [0.2, 0.25) is 5.91 Å². The van der Waals surface area contributed by atoms with Crippen LogP contribution in [0.15, 0.2) is 24.3 Å². The van der Waals surface area contributed by atoms with Gasteiger partial charge < -0.3 is 20.5 Å². The number of nitrogens with zero attached hydrogens (tertiary/aromatic N) is 1. The molecule has 1 amide bonds. The second-order valence-electron chi connectivity index (χ2n) is 4.13. The van der Waals surface area contributed by atoms with Crippen LogP contribution in [-0.2, 0) is 9.59 Å². The van der Waals surface area contributed by atoms with Gasteiger partial charge in [0.15, 0.2) is 0 Å². The Balaban J connectivity index is 2.68. The predicted molar refractivity (Wildman–Crippen MR) is 67.6 cm³/mol. The van der Waals surface area contributed by atoms with Crippen molar-refractivity contribution in [3.8, 4) is 0 Å². The highest BCUT2D eigenvalue weighted by molar-refractivity contribution is 5.93. The average molecular weight is 281 g/mol. The molecule has 0 unspecified atom stereocenters. The molecule has 0 aliphatic rings. The topological polar surface area (TPSA) is 129 Å². The molecule has 8 nitrogen and oxygen atoms in total. The maximum atomic E-state index is 11.7. The lowest BCUT2D eigenvalue weighted by atomic mass is 10.2. The fourth-order valence-corrected chi connectivity index (χ4v) is 1.66. The Morgan fingerprint density at radius 3 is 2.70 bits per heavy atom. The molecule has 1 aromatic rings. The van der Waals surface area contributed by atoms with Crippen molar-refractivity contribution in [1.29, 1.82) is 0 Å². The Morgan fingerprint density at radius 1 is 1.45 bits per heavy atom. The fraction of sp³-hybridized carbons (Fsp3) is 0.333. The zero-order chi connectivity index (χ0) is 15.1. The minimum Gasteiger partial charge on any atom is -0.544 e. The monoisotopic (exact) mass is 281 g/mol. The number of hydrogen-bond acceptors (Lipinski definition) is 5. The van der Waals surface area contributed by atoms with E-state index < -0.39 is 22.8 Å². The van der Waals surface area contributed by atoms with Crippen LogP contribution in [0, 0.1) is 10.1 Å². The molecule has 1 rings (SSSR count). The van der Waals surface area contributed by atoms with Crippen LogP contribution in [0.4, 0.5) is 11.4 Å². The Hall–Kier alpha value is -2.48. The van der Waals surface area contributed by atoms with Gasteiger partial charge >= 0.3 is 0 Å². The van der Waals surface area contributed by atoms with Crippen molar-refractivity contribution in [2.24, 2.45) is 0 Å².